The van der Waals surface area contributed by atoms with Crippen LogP contribution in [0.1, 0.15) is 5.69 Å². The number of esters is 1. The van der Waals surface area contributed by atoms with E-state index < -0.39 is 10.9 Å². The first-order chi connectivity index (χ1) is 14.4. The third-order valence-electron chi connectivity index (χ3n) is 4.09. The molecule has 0 fully saturated rings. The lowest BCUT2D eigenvalue weighted by Gasteiger charge is -2.08. The molecule has 3 rings (SSSR count). The van der Waals surface area contributed by atoms with Crippen molar-refractivity contribution < 1.29 is 28.7 Å². The molecule has 0 amide bonds. The molecule has 0 aliphatic heterocycles. The second-order valence-corrected chi connectivity index (χ2v) is 6.81. The van der Waals surface area contributed by atoms with Crippen LogP contribution in [0.4, 0.5) is 5.69 Å². The van der Waals surface area contributed by atoms with E-state index in [1.807, 2.05) is 6.07 Å². The van der Waals surface area contributed by atoms with Gasteiger partial charge in [0.25, 0.3) is 0 Å². The summed E-state index contributed by atoms with van der Waals surface area (Å²) >= 11 is 1.36. The molecule has 0 saturated carbocycles. The molecular weight excluding hydrogens is 412 g/mol. The molecule has 30 heavy (non-hydrogen) atoms. The van der Waals surface area contributed by atoms with Crippen molar-refractivity contribution in [2.45, 2.75) is 6.42 Å². The zero-order valence-corrected chi connectivity index (χ0v) is 17.2. The van der Waals surface area contributed by atoms with Crippen molar-refractivity contribution in [1.29, 1.82) is 0 Å². The second kappa shape index (κ2) is 9.23. The highest BCUT2D eigenvalue weighted by Crippen LogP contribution is 2.34. The number of nitrogens with zero attached hydrogens (tertiary/aromatic N) is 2. The van der Waals surface area contributed by atoms with E-state index in [-0.39, 0.29) is 17.9 Å². The average molecular weight is 430 g/mol. The molecule has 0 saturated heterocycles. The van der Waals surface area contributed by atoms with Gasteiger partial charge in [0, 0.05) is 10.9 Å². The number of carbonyl (C=O) groups excluding carboxylic acids is 1. The molecule has 1 heterocycles. The smallest absolute Gasteiger partial charge is 0.317 e. The number of hydrogen-bond donors (Lipinski definition) is 0. The summed E-state index contributed by atoms with van der Waals surface area (Å²) < 4.78 is 20.7. The quantitative estimate of drug-likeness (QED) is 0.229. The summed E-state index contributed by atoms with van der Waals surface area (Å²) in [4.78, 5) is 27.3. The summed E-state index contributed by atoms with van der Waals surface area (Å²) in [5.41, 5.74) is 0.945. The first-order valence-electron chi connectivity index (χ1n) is 8.65. The Morgan fingerprint density at radius 1 is 1.03 bits per heavy atom. The van der Waals surface area contributed by atoms with Gasteiger partial charge in [-0.15, -0.1) is 11.3 Å². The standard InChI is InChI=1S/C20H18N2O7S/c1-26-14-5-7-16(15(10-14)22(24)25)29-19(23)9-13-11-30-20(21-13)12-4-6-17(27-2)18(8-12)28-3/h4-8,10-11H,9H2,1-3H3. The topological polar surface area (TPSA) is 110 Å². The highest BCUT2D eigenvalue weighted by molar-refractivity contribution is 7.13. The summed E-state index contributed by atoms with van der Waals surface area (Å²) in [7, 11) is 4.49. The van der Waals surface area contributed by atoms with Crippen molar-refractivity contribution in [3.63, 3.8) is 0 Å². The van der Waals surface area contributed by atoms with Gasteiger partial charge >= 0.3 is 11.7 Å². The SMILES string of the molecule is COc1ccc(OC(=O)Cc2csc(-c3ccc(OC)c(OC)c3)n2)c([N+](=O)[O-])c1. The Morgan fingerprint density at radius 2 is 1.77 bits per heavy atom. The number of aromatic nitrogens is 1. The average Bonchev–Trinajstić information content (AvgIpc) is 3.21. The summed E-state index contributed by atoms with van der Waals surface area (Å²) in [6, 6.07) is 9.40. The summed E-state index contributed by atoms with van der Waals surface area (Å²) in [6.45, 7) is 0. The van der Waals surface area contributed by atoms with Gasteiger partial charge in [-0.2, -0.15) is 0 Å². The van der Waals surface area contributed by atoms with Crippen molar-refractivity contribution >= 4 is 23.0 Å². The number of nitro benzene ring substituents is 1. The van der Waals surface area contributed by atoms with Crippen LogP contribution in [-0.2, 0) is 11.2 Å². The lowest BCUT2D eigenvalue weighted by molar-refractivity contribution is -0.385. The molecule has 3 aromatic rings. The molecule has 0 aliphatic carbocycles. The molecule has 0 N–H and O–H groups in total. The maximum atomic E-state index is 12.3. The van der Waals surface area contributed by atoms with E-state index in [0.29, 0.717) is 28.0 Å². The van der Waals surface area contributed by atoms with Crippen molar-refractivity contribution in [3.05, 3.63) is 57.6 Å². The van der Waals surface area contributed by atoms with Crippen LogP contribution in [0.25, 0.3) is 10.6 Å². The largest absolute Gasteiger partial charge is 0.496 e. The van der Waals surface area contributed by atoms with Crippen LogP contribution in [0.5, 0.6) is 23.0 Å². The van der Waals surface area contributed by atoms with Gasteiger partial charge in [-0.25, -0.2) is 4.98 Å². The normalized spacial score (nSPS) is 10.4. The van der Waals surface area contributed by atoms with Crippen LogP contribution in [0.2, 0.25) is 0 Å². The van der Waals surface area contributed by atoms with E-state index in [2.05, 4.69) is 4.98 Å². The summed E-state index contributed by atoms with van der Waals surface area (Å²) in [5, 5.41) is 13.6. The molecule has 0 atom stereocenters. The van der Waals surface area contributed by atoms with Gasteiger partial charge in [0.05, 0.1) is 44.4 Å². The highest BCUT2D eigenvalue weighted by atomic mass is 32.1. The molecule has 2 aromatic carbocycles. The molecule has 10 heteroatoms. The van der Waals surface area contributed by atoms with Gasteiger partial charge in [-0.3, -0.25) is 14.9 Å². The van der Waals surface area contributed by atoms with Crippen molar-refractivity contribution in [1.82, 2.24) is 4.98 Å². The van der Waals surface area contributed by atoms with Gasteiger partial charge in [-0.05, 0) is 30.3 Å². The van der Waals surface area contributed by atoms with Gasteiger partial charge in [0.1, 0.15) is 10.8 Å². The number of nitro groups is 1. The lowest BCUT2D eigenvalue weighted by atomic mass is 10.2. The molecule has 0 aliphatic rings. The molecule has 0 spiro atoms. The second-order valence-electron chi connectivity index (χ2n) is 5.96. The third kappa shape index (κ3) is 4.66. The first-order valence-corrected chi connectivity index (χ1v) is 9.53. The number of rotatable bonds is 8. The molecular formula is C20H18N2O7S. The van der Waals surface area contributed by atoms with Gasteiger partial charge in [0.2, 0.25) is 5.75 Å². The Labute approximate surface area is 175 Å². The fourth-order valence-corrected chi connectivity index (χ4v) is 3.47. The molecule has 0 radical (unpaired) electrons. The third-order valence-corrected chi connectivity index (χ3v) is 5.03. The molecule has 0 bridgehead atoms. The van der Waals surface area contributed by atoms with Crippen LogP contribution in [0, 0.1) is 10.1 Å². The van der Waals surface area contributed by atoms with Crippen molar-refractivity contribution in [3.8, 4) is 33.6 Å². The Kier molecular flexibility index (Phi) is 6.48. The zero-order chi connectivity index (χ0) is 21.7. The summed E-state index contributed by atoms with van der Waals surface area (Å²) in [6.07, 6.45) is -0.132. The van der Waals surface area contributed by atoms with Crippen LogP contribution in [0.15, 0.2) is 41.8 Å². The van der Waals surface area contributed by atoms with E-state index in [4.69, 9.17) is 18.9 Å². The minimum atomic E-state index is -0.660. The lowest BCUT2D eigenvalue weighted by Crippen LogP contribution is -2.12. The highest BCUT2D eigenvalue weighted by Gasteiger charge is 2.20. The van der Waals surface area contributed by atoms with Crippen LogP contribution >= 0.6 is 11.3 Å². The van der Waals surface area contributed by atoms with Crippen LogP contribution in [-0.4, -0.2) is 37.2 Å². The fraction of sp³-hybridized carbons (Fsp3) is 0.200. The number of methoxy groups -OCH3 is 3. The van der Waals surface area contributed by atoms with E-state index >= 15 is 0 Å². The maximum Gasteiger partial charge on any atom is 0.317 e. The van der Waals surface area contributed by atoms with Crippen LogP contribution < -0.4 is 18.9 Å². The number of hydrogen-bond acceptors (Lipinski definition) is 9. The zero-order valence-electron chi connectivity index (χ0n) is 16.4. The van der Waals surface area contributed by atoms with Crippen LogP contribution in [0.3, 0.4) is 0 Å². The first kappa shape index (κ1) is 21.1. The monoisotopic (exact) mass is 430 g/mol. The minimum Gasteiger partial charge on any atom is -0.496 e. The molecule has 9 nitrogen and oxygen atoms in total. The Balaban J connectivity index is 1.74. The van der Waals surface area contributed by atoms with E-state index in [1.54, 1.807) is 31.7 Å². The van der Waals surface area contributed by atoms with E-state index in [9.17, 15) is 14.9 Å². The molecule has 1 aromatic heterocycles. The Hall–Kier alpha value is -3.66. The van der Waals surface area contributed by atoms with Gasteiger partial charge < -0.3 is 18.9 Å². The Morgan fingerprint density at radius 3 is 2.43 bits per heavy atom. The predicted octanol–water partition coefficient (Wildman–Crippen LogP) is 3.89. The maximum absolute atomic E-state index is 12.3. The van der Waals surface area contributed by atoms with Crippen molar-refractivity contribution in [2.24, 2.45) is 0 Å². The molecule has 156 valence electrons. The van der Waals surface area contributed by atoms with Gasteiger partial charge in [0.15, 0.2) is 11.5 Å². The number of carbonyl (C=O) groups is 1. The van der Waals surface area contributed by atoms with Gasteiger partial charge in [-0.1, -0.05) is 0 Å². The fourth-order valence-electron chi connectivity index (χ4n) is 2.65. The number of thiazole rings is 1. The number of benzene rings is 2. The molecule has 0 unspecified atom stereocenters. The van der Waals surface area contributed by atoms with E-state index in [1.165, 1.54) is 36.6 Å². The van der Waals surface area contributed by atoms with E-state index in [0.717, 1.165) is 5.56 Å². The van der Waals surface area contributed by atoms with Crippen molar-refractivity contribution in [2.75, 3.05) is 21.3 Å². The number of ether oxygens (including phenoxy) is 4. The predicted molar refractivity (Wildman–Crippen MR) is 110 cm³/mol. The summed E-state index contributed by atoms with van der Waals surface area (Å²) in [5.74, 6) is 0.648. The minimum absolute atomic E-state index is 0.132. The Bertz CT molecular complexity index is 1080.